The number of fused-ring (bicyclic) bond motifs is 3. The summed E-state index contributed by atoms with van der Waals surface area (Å²) in [5, 5.41) is 11.0. The van der Waals surface area contributed by atoms with E-state index in [-0.39, 0.29) is 18.5 Å². The predicted molar refractivity (Wildman–Crippen MR) is 83.9 cm³/mol. The highest BCUT2D eigenvalue weighted by Crippen LogP contribution is 2.35. The Bertz CT molecular complexity index is 859. The first-order valence-corrected chi connectivity index (χ1v) is 8.30. The first-order chi connectivity index (χ1) is 11.8. The molecule has 1 fully saturated rings. The van der Waals surface area contributed by atoms with Crippen LogP contribution in [0.3, 0.4) is 0 Å². The van der Waals surface area contributed by atoms with E-state index >= 15 is 0 Å². The van der Waals surface area contributed by atoms with Crippen molar-refractivity contribution in [2.45, 2.75) is 51.1 Å². The lowest BCUT2D eigenvalue weighted by atomic mass is 9.97. The Balaban J connectivity index is 1.78. The molecule has 134 valence electrons. The molecule has 2 unspecified atom stereocenters. The monoisotopic (exact) mass is 353 g/mol. The van der Waals surface area contributed by atoms with E-state index in [1.54, 1.807) is 16.4 Å². The van der Waals surface area contributed by atoms with Gasteiger partial charge in [0.25, 0.3) is 0 Å². The van der Waals surface area contributed by atoms with Crippen LogP contribution < -0.4 is 0 Å². The Morgan fingerprint density at radius 3 is 2.76 bits per heavy atom. The second-order valence-electron chi connectivity index (χ2n) is 6.80. The van der Waals surface area contributed by atoms with Gasteiger partial charge in [-0.3, -0.25) is 4.79 Å². The number of carbonyl (C=O) groups excluding carboxylic acids is 1. The van der Waals surface area contributed by atoms with Crippen LogP contribution in [0, 0.1) is 6.92 Å². The van der Waals surface area contributed by atoms with E-state index in [1.807, 2.05) is 0 Å². The summed E-state index contributed by atoms with van der Waals surface area (Å²) in [4.78, 5) is 17.7. The van der Waals surface area contributed by atoms with E-state index in [1.165, 1.54) is 0 Å². The fourth-order valence-corrected chi connectivity index (χ4v) is 4.03. The average Bonchev–Trinajstić information content (AvgIpc) is 3.08. The Labute approximate surface area is 142 Å². The van der Waals surface area contributed by atoms with Crippen molar-refractivity contribution in [1.29, 1.82) is 0 Å². The minimum Gasteiger partial charge on any atom is -0.389 e. The maximum atomic E-state index is 13.0. The minimum absolute atomic E-state index is 0.0312. The van der Waals surface area contributed by atoms with Gasteiger partial charge in [-0.1, -0.05) is 0 Å². The van der Waals surface area contributed by atoms with Crippen molar-refractivity contribution in [3.63, 3.8) is 0 Å². The molecular weight excluding hydrogens is 335 g/mol. The topological polar surface area (TPSA) is 58.4 Å². The van der Waals surface area contributed by atoms with Gasteiger partial charge in [-0.15, -0.1) is 0 Å². The van der Waals surface area contributed by atoms with Gasteiger partial charge in [0.2, 0.25) is 5.91 Å². The largest absolute Gasteiger partial charge is 0.417 e. The zero-order chi connectivity index (χ0) is 17.9. The molecule has 5 nitrogen and oxygen atoms in total. The number of pyridine rings is 1. The van der Waals surface area contributed by atoms with E-state index < -0.39 is 17.8 Å². The molecule has 8 heteroatoms. The lowest BCUT2D eigenvalue weighted by molar-refractivity contribution is -0.137. The highest BCUT2D eigenvalue weighted by atomic mass is 19.4. The summed E-state index contributed by atoms with van der Waals surface area (Å²) in [6.07, 6.45) is -2.68. The molecule has 1 amide bonds. The molecule has 0 bridgehead atoms. The van der Waals surface area contributed by atoms with Crippen molar-refractivity contribution in [2.24, 2.45) is 0 Å². The molecule has 2 aliphatic rings. The third-order valence-electron chi connectivity index (χ3n) is 5.34. The van der Waals surface area contributed by atoms with Gasteiger partial charge < -0.3 is 14.6 Å². The summed E-state index contributed by atoms with van der Waals surface area (Å²) in [5.74, 6) is 0.0312. The predicted octanol–water partition coefficient (Wildman–Crippen LogP) is 2.27. The summed E-state index contributed by atoms with van der Waals surface area (Å²) < 4.78 is 40.7. The number of aromatic nitrogens is 2. The van der Waals surface area contributed by atoms with Crippen LogP contribution in [0.4, 0.5) is 13.2 Å². The Morgan fingerprint density at radius 2 is 2.12 bits per heavy atom. The Hall–Kier alpha value is -2.09. The van der Waals surface area contributed by atoms with E-state index in [2.05, 4.69) is 4.98 Å². The lowest BCUT2D eigenvalue weighted by Gasteiger charge is -2.36. The van der Waals surface area contributed by atoms with Gasteiger partial charge in [-0.25, -0.2) is 4.98 Å². The maximum absolute atomic E-state index is 13.0. The molecule has 2 aromatic heterocycles. The standard InChI is InChI=1S/C17H18F3N3O2/c1-9-11-5-10(17(18,19)20)7-21-16(11)23-8-14(24)13(6-12(9)23)22-4-2-3-15(22)25/h5,7,13-14,24H,2-4,6,8H2,1H3. The molecule has 2 atom stereocenters. The van der Waals surface area contributed by atoms with E-state index in [0.717, 1.165) is 29.9 Å². The number of carbonyl (C=O) groups is 1. The summed E-state index contributed by atoms with van der Waals surface area (Å²) in [7, 11) is 0. The number of halogens is 3. The van der Waals surface area contributed by atoms with Gasteiger partial charge >= 0.3 is 6.18 Å². The molecule has 0 saturated carbocycles. The van der Waals surface area contributed by atoms with E-state index in [4.69, 9.17) is 0 Å². The molecule has 0 radical (unpaired) electrons. The number of hydrogen-bond donors (Lipinski definition) is 1. The second-order valence-corrected chi connectivity index (χ2v) is 6.80. The summed E-state index contributed by atoms with van der Waals surface area (Å²) in [5.41, 5.74) is 1.25. The first-order valence-electron chi connectivity index (χ1n) is 8.30. The summed E-state index contributed by atoms with van der Waals surface area (Å²) >= 11 is 0. The number of rotatable bonds is 1. The highest BCUT2D eigenvalue weighted by Gasteiger charge is 2.38. The lowest BCUT2D eigenvalue weighted by Crippen LogP contribution is -2.50. The van der Waals surface area contributed by atoms with Crippen molar-refractivity contribution in [2.75, 3.05) is 6.54 Å². The van der Waals surface area contributed by atoms with Gasteiger partial charge in [-0.05, 0) is 25.0 Å². The number of aliphatic hydroxyl groups is 1. The molecule has 25 heavy (non-hydrogen) atoms. The van der Waals surface area contributed by atoms with Crippen molar-refractivity contribution in [1.82, 2.24) is 14.5 Å². The minimum atomic E-state index is -4.44. The van der Waals surface area contributed by atoms with Crippen LogP contribution >= 0.6 is 0 Å². The zero-order valence-corrected chi connectivity index (χ0v) is 13.7. The number of hydrogen-bond acceptors (Lipinski definition) is 3. The molecule has 4 heterocycles. The van der Waals surface area contributed by atoms with Crippen molar-refractivity contribution >= 4 is 16.9 Å². The number of likely N-dealkylation sites (tertiary alicyclic amines) is 1. The highest BCUT2D eigenvalue weighted by molar-refractivity contribution is 5.83. The molecule has 2 aromatic rings. The van der Waals surface area contributed by atoms with Crippen LogP contribution in [-0.4, -0.2) is 44.2 Å². The van der Waals surface area contributed by atoms with Gasteiger partial charge in [-0.2, -0.15) is 13.2 Å². The van der Waals surface area contributed by atoms with E-state index in [0.29, 0.717) is 30.4 Å². The van der Waals surface area contributed by atoms with Gasteiger partial charge in [0.1, 0.15) is 5.65 Å². The summed E-state index contributed by atoms with van der Waals surface area (Å²) in [6, 6.07) is 0.790. The normalized spacial score (nSPS) is 24.2. The number of nitrogens with zero attached hydrogens (tertiary/aromatic N) is 3. The number of amides is 1. The second kappa shape index (κ2) is 5.45. The van der Waals surface area contributed by atoms with Crippen LogP contribution in [0.2, 0.25) is 0 Å². The number of alkyl halides is 3. The van der Waals surface area contributed by atoms with Gasteiger partial charge in [0.15, 0.2) is 0 Å². The fraction of sp³-hybridized carbons (Fsp3) is 0.529. The van der Waals surface area contributed by atoms with Crippen LogP contribution in [0.5, 0.6) is 0 Å². The van der Waals surface area contributed by atoms with Gasteiger partial charge in [0.05, 0.1) is 24.3 Å². The third kappa shape index (κ3) is 2.50. The number of aliphatic hydroxyl groups excluding tert-OH is 1. The van der Waals surface area contributed by atoms with Crippen LogP contribution in [0.15, 0.2) is 12.3 Å². The zero-order valence-electron chi connectivity index (χ0n) is 13.7. The summed E-state index contributed by atoms with van der Waals surface area (Å²) in [6.45, 7) is 2.62. The molecule has 2 aliphatic heterocycles. The van der Waals surface area contributed by atoms with Crippen LogP contribution in [0.25, 0.3) is 11.0 Å². The molecule has 1 N–H and O–H groups in total. The van der Waals surface area contributed by atoms with Crippen LogP contribution in [0.1, 0.15) is 29.7 Å². The Morgan fingerprint density at radius 1 is 1.36 bits per heavy atom. The first kappa shape index (κ1) is 16.4. The molecule has 4 rings (SSSR count). The van der Waals surface area contributed by atoms with Crippen molar-refractivity contribution in [3.8, 4) is 0 Å². The SMILES string of the molecule is Cc1c2n(c3ncc(C(F)(F)F)cc13)CC(O)C(N1CCCC1=O)C2. The molecule has 0 spiro atoms. The fourth-order valence-electron chi connectivity index (χ4n) is 4.03. The van der Waals surface area contributed by atoms with Crippen molar-refractivity contribution in [3.05, 3.63) is 29.1 Å². The van der Waals surface area contributed by atoms with Crippen molar-refractivity contribution < 1.29 is 23.1 Å². The maximum Gasteiger partial charge on any atom is 0.417 e. The third-order valence-corrected chi connectivity index (χ3v) is 5.34. The Kier molecular flexibility index (Phi) is 3.57. The molecule has 1 saturated heterocycles. The average molecular weight is 353 g/mol. The van der Waals surface area contributed by atoms with E-state index in [9.17, 15) is 23.1 Å². The number of aryl methyl sites for hydroxylation is 1. The van der Waals surface area contributed by atoms with Crippen LogP contribution in [-0.2, 0) is 23.9 Å². The quantitative estimate of drug-likeness (QED) is 0.856. The smallest absolute Gasteiger partial charge is 0.389 e. The molecular formula is C17H18F3N3O2. The molecule has 0 aromatic carbocycles. The molecule has 0 aliphatic carbocycles. The van der Waals surface area contributed by atoms with Gasteiger partial charge in [0, 0.05) is 36.7 Å².